The Balaban J connectivity index is 1.95. The van der Waals surface area contributed by atoms with E-state index in [9.17, 15) is 14.7 Å². The van der Waals surface area contributed by atoms with E-state index in [1.807, 2.05) is 31.2 Å². The SMILES string of the molecule is CCOC(=O)C1=C(O)/C(=C\c2ccc(OCC(=O)OC)c(OC)c2)SC1=Nc1ccc(C)cc1. The van der Waals surface area contributed by atoms with Crippen molar-refractivity contribution >= 4 is 40.5 Å². The second-order valence-electron chi connectivity index (χ2n) is 7.08. The van der Waals surface area contributed by atoms with Gasteiger partial charge in [-0.2, -0.15) is 0 Å². The fourth-order valence-corrected chi connectivity index (χ4v) is 4.00. The van der Waals surface area contributed by atoms with Crippen molar-refractivity contribution in [2.75, 3.05) is 27.4 Å². The fourth-order valence-electron chi connectivity index (χ4n) is 2.97. The van der Waals surface area contributed by atoms with Crippen LogP contribution in [0, 0.1) is 6.92 Å². The fraction of sp³-hybridized carbons (Fsp3) is 0.240. The lowest BCUT2D eigenvalue weighted by atomic mass is 10.1. The van der Waals surface area contributed by atoms with Crippen molar-refractivity contribution in [3.63, 3.8) is 0 Å². The van der Waals surface area contributed by atoms with Crippen LogP contribution in [0.5, 0.6) is 11.5 Å². The molecule has 9 heteroatoms. The van der Waals surface area contributed by atoms with Crippen molar-refractivity contribution in [3.8, 4) is 11.5 Å². The number of aliphatic imine (C=N–C) groups is 1. The summed E-state index contributed by atoms with van der Waals surface area (Å²) in [6.45, 7) is 3.58. The zero-order valence-corrected chi connectivity index (χ0v) is 20.1. The quantitative estimate of drug-likeness (QED) is 0.537. The Morgan fingerprint density at radius 2 is 1.82 bits per heavy atom. The maximum absolute atomic E-state index is 12.6. The van der Waals surface area contributed by atoms with E-state index in [-0.39, 0.29) is 24.5 Å². The number of esters is 2. The summed E-state index contributed by atoms with van der Waals surface area (Å²) in [5, 5.41) is 11.2. The maximum atomic E-state index is 12.6. The molecule has 0 radical (unpaired) electrons. The number of benzene rings is 2. The normalized spacial score (nSPS) is 15.5. The van der Waals surface area contributed by atoms with Crippen molar-refractivity contribution in [2.24, 2.45) is 4.99 Å². The molecule has 0 amide bonds. The van der Waals surface area contributed by atoms with Gasteiger partial charge in [-0.1, -0.05) is 35.5 Å². The topological polar surface area (TPSA) is 104 Å². The lowest BCUT2D eigenvalue weighted by Gasteiger charge is -2.10. The van der Waals surface area contributed by atoms with Crippen LogP contribution < -0.4 is 9.47 Å². The average molecular weight is 484 g/mol. The van der Waals surface area contributed by atoms with Crippen LogP contribution in [0.4, 0.5) is 5.69 Å². The molecule has 3 rings (SSSR count). The van der Waals surface area contributed by atoms with Crippen molar-refractivity contribution < 1.29 is 33.6 Å². The second-order valence-corrected chi connectivity index (χ2v) is 8.11. The van der Waals surface area contributed by atoms with E-state index in [2.05, 4.69) is 9.73 Å². The lowest BCUT2D eigenvalue weighted by molar-refractivity contribution is -0.143. The molecule has 178 valence electrons. The van der Waals surface area contributed by atoms with Crippen LogP contribution in [0.15, 0.2) is 63.7 Å². The smallest absolute Gasteiger partial charge is 0.344 e. The molecule has 0 fully saturated rings. The predicted octanol–water partition coefficient (Wildman–Crippen LogP) is 4.75. The molecule has 1 heterocycles. The van der Waals surface area contributed by atoms with Gasteiger partial charge in [-0.05, 0) is 49.8 Å². The largest absolute Gasteiger partial charge is 0.506 e. The van der Waals surface area contributed by atoms with E-state index in [0.29, 0.717) is 32.7 Å². The van der Waals surface area contributed by atoms with Gasteiger partial charge >= 0.3 is 11.9 Å². The zero-order chi connectivity index (χ0) is 24.7. The average Bonchev–Trinajstić information content (AvgIpc) is 3.13. The molecule has 1 aliphatic heterocycles. The number of hydrogen-bond donors (Lipinski definition) is 1. The first-order valence-electron chi connectivity index (χ1n) is 10.4. The molecule has 0 aliphatic carbocycles. The molecule has 0 spiro atoms. The van der Waals surface area contributed by atoms with Gasteiger partial charge in [-0.25, -0.2) is 14.6 Å². The standard InChI is InChI=1S/C25H25NO7S/c1-5-32-25(29)22-23(28)20(34-24(22)26-17-9-6-15(2)7-10-17)13-16-8-11-18(19(12-16)30-3)33-14-21(27)31-4/h6-13,28H,5,14H2,1-4H3/b20-13+,26-24?. The monoisotopic (exact) mass is 483 g/mol. The molecule has 0 unspecified atom stereocenters. The van der Waals surface area contributed by atoms with Crippen LogP contribution in [-0.2, 0) is 19.1 Å². The molecule has 1 aliphatic rings. The zero-order valence-electron chi connectivity index (χ0n) is 19.3. The number of rotatable bonds is 8. The molecule has 1 N–H and O–H groups in total. The van der Waals surface area contributed by atoms with Crippen molar-refractivity contribution in [1.82, 2.24) is 0 Å². The molecule has 0 saturated heterocycles. The van der Waals surface area contributed by atoms with E-state index >= 15 is 0 Å². The number of thioether (sulfide) groups is 1. The van der Waals surface area contributed by atoms with Crippen molar-refractivity contribution in [3.05, 3.63) is 69.8 Å². The third-order valence-electron chi connectivity index (χ3n) is 4.69. The van der Waals surface area contributed by atoms with Gasteiger partial charge in [0.05, 0.1) is 31.4 Å². The number of aliphatic hydroxyl groups is 1. The van der Waals surface area contributed by atoms with Gasteiger partial charge < -0.3 is 24.1 Å². The Bertz CT molecular complexity index is 1170. The summed E-state index contributed by atoms with van der Waals surface area (Å²) < 4.78 is 20.5. The van der Waals surface area contributed by atoms with E-state index in [4.69, 9.17) is 14.2 Å². The van der Waals surface area contributed by atoms with E-state index in [0.717, 1.165) is 17.3 Å². The third-order valence-corrected chi connectivity index (χ3v) is 5.71. The Morgan fingerprint density at radius 3 is 2.47 bits per heavy atom. The highest BCUT2D eigenvalue weighted by Gasteiger charge is 2.33. The predicted molar refractivity (Wildman–Crippen MR) is 131 cm³/mol. The third kappa shape index (κ3) is 5.99. The van der Waals surface area contributed by atoms with Gasteiger partial charge in [0, 0.05) is 0 Å². The first-order chi connectivity index (χ1) is 16.4. The summed E-state index contributed by atoms with van der Waals surface area (Å²) in [7, 11) is 2.75. The number of carbonyl (C=O) groups excluding carboxylic acids is 2. The van der Waals surface area contributed by atoms with Gasteiger partial charge in [-0.3, -0.25) is 0 Å². The summed E-state index contributed by atoms with van der Waals surface area (Å²) in [6, 6.07) is 12.6. The van der Waals surface area contributed by atoms with Crippen molar-refractivity contribution in [1.29, 1.82) is 0 Å². The number of carbonyl (C=O) groups is 2. The minimum absolute atomic E-state index is 0.0173. The Morgan fingerprint density at radius 1 is 1.09 bits per heavy atom. The van der Waals surface area contributed by atoms with Crippen LogP contribution in [-0.4, -0.2) is 49.5 Å². The first kappa shape index (κ1) is 24.9. The summed E-state index contributed by atoms with van der Waals surface area (Å²) in [5.74, 6) is -0.616. The van der Waals surface area contributed by atoms with E-state index in [1.165, 1.54) is 14.2 Å². The molecule has 8 nitrogen and oxygen atoms in total. The molecule has 34 heavy (non-hydrogen) atoms. The van der Waals surface area contributed by atoms with E-state index < -0.39 is 11.9 Å². The van der Waals surface area contributed by atoms with Gasteiger partial charge in [0.15, 0.2) is 18.1 Å². The highest BCUT2D eigenvalue weighted by molar-refractivity contribution is 8.18. The number of nitrogens with zero attached hydrogens (tertiary/aromatic N) is 1. The number of aliphatic hydroxyl groups excluding tert-OH is 1. The second kappa shape index (κ2) is 11.4. The number of ether oxygens (including phenoxy) is 4. The van der Waals surface area contributed by atoms with Crippen LogP contribution in [0.1, 0.15) is 18.1 Å². The molecule has 2 aromatic carbocycles. The van der Waals surface area contributed by atoms with Crippen LogP contribution in [0.2, 0.25) is 0 Å². The Hall–Kier alpha value is -3.72. The molecule has 0 aromatic heterocycles. The minimum atomic E-state index is -0.647. The molecular formula is C25H25NO7S. The van der Waals surface area contributed by atoms with E-state index in [1.54, 1.807) is 31.2 Å². The first-order valence-corrected chi connectivity index (χ1v) is 11.2. The molecule has 0 bridgehead atoms. The molecule has 0 atom stereocenters. The summed E-state index contributed by atoms with van der Waals surface area (Å²) >= 11 is 1.16. The summed E-state index contributed by atoms with van der Waals surface area (Å²) in [6.07, 6.45) is 1.70. The maximum Gasteiger partial charge on any atom is 0.344 e. The van der Waals surface area contributed by atoms with Gasteiger partial charge in [0.1, 0.15) is 16.4 Å². The number of methoxy groups -OCH3 is 2. The van der Waals surface area contributed by atoms with Crippen LogP contribution >= 0.6 is 11.8 Å². The van der Waals surface area contributed by atoms with Gasteiger partial charge in [0.2, 0.25) is 0 Å². The summed E-state index contributed by atoms with van der Waals surface area (Å²) in [4.78, 5) is 28.9. The highest BCUT2D eigenvalue weighted by Crippen LogP contribution is 2.41. The Kier molecular flexibility index (Phi) is 8.37. The highest BCUT2D eigenvalue weighted by atomic mass is 32.2. The number of aryl methyl sites for hydroxylation is 1. The van der Waals surface area contributed by atoms with Crippen LogP contribution in [0.25, 0.3) is 6.08 Å². The lowest BCUT2D eigenvalue weighted by Crippen LogP contribution is -2.13. The Labute approximate surface area is 201 Å². The van der Waals surface area contributed by atoms with Crippen LogP contribution in [0.3, 0.4) is 0 Å². The number of hydrogen-bond acceptors (Lipinski definition) is 9. The molecule has 2 aromatic rings. The van der Waals surface area contributed by atoms with Gasteiger partial charge in [-0.15, -0.1) is 0 Å². The van der Waals surface area contributed by atoms with Crippen molar-refractivity contribution in [2.45, 2.75) is 13.8 Å². The molecule has 0 saturated carbocycles. The molecular weight excluding hydrogens is 458 g/mol. The summed E-state index contributed by atoms with van der Waals surface area (Å²) in [5.41, 5.74) is 2.43. The van der Waals surface area contributed by atoms with Gasteiger partial charge in [0.25, 0.3) is 0 Å². The minimum Gasteiger partial charge on any atom is -0.506 e.